The average Bonchev–Trinajstić information content (AvgIpc) is 2.47. The van der Waals surface area contributed by atoms with E-state index in [-0.39, 0.29) is 18.3 Å². The first-order valence-electron chi connectivity index (χ1n) is 6.16. The van der Waals surface area contributed by atoms with Crippen molar-refractivity contribution in [1.82, 2.24) is 0 Å². The molecule has 108 valence electrons. The van der Waals surface area contributed by atoms with Crippen molar-refractivity contribution >= 4 is 29.1 Å². The number of nitrogens with zero attached hydrogens (tertiary/aromatic N) is 1. The van der Waals surface area contributed by atoms with E-state index in [1.165, 1.54) is 0 Å². The molecular formula is C13H15ClN2O4. The van der Waals surface area contributed by atoms with Crippen LogP contribution in [0.2, 0.25) is 0 Å². The number of alkyl halides is 1. The van der Waals surface area contributed by atoms with Crippen LogP contribution >= 0.6 is 11.6 Å². The zero-order chi connectivity index (χ0) is 14.5. The van der Waals surface area contributed by atoms with Gasteiger partial charge in [0.25, 0.3) is 0 Å². The first kappa shape index (κ1) is 14.5. The van der Waals surface area contributed by atoms with Crippen LogP contribution < -0.4 is 15.2 Å². The number of nitrogens with two attached hydrogens (primary N) is 1. The molecule has 1 aliphatic rings. The highest BCUT2D eigenvalue weighted by molar-refractivity contribution is 6.28. The number of aliphatic imine (C=N–C) groups is 1. The van der Waals surface area contributed by atoms with Crippen molar-refractivity contribution in [3.05, 3.63) is 17.7 Å². The van der Waals surface area contributed by atoms with Gasteiger partial charge in [0.15, 0.2) is 11.5 Å². The molecule has 2 N–H and O–H groups in total. The Hall–Kier alpha value is -1.95. The highest BCUT2D eigenvalue weighted by atomic mass is 35.5. The fourth-order valence-corrected chi connectivity index (χ4v) is 1.82. The van der Waals surface area contributed by atoms with Gasteiger partial charge in [-0.05, 0) is 19.1 Å². The molecule has 1 aliphatic heterocycles. The molecule has 7 heteroatoms. The number of hydrogen-bond donors (Lipinski definition) is 1. The molecule has 0 atom stereocenters. The summed E-state index contributed by atoms with van der Waals surface area (Å²) in [7, 11) is 0. The third-order valence-electron chi connectivity index (χ3n) is 2.56. The van der Waals surface area contributed by atoms with Gasteiger partial charge in [-0.3, -0.25) is 0 Å². The van der Waals surface area contributed by atoms with Gasteiger partial charge in [0.2, 0.25) is 0 Å². The molecule has 0 aromatic heterocycles. The van der Waals surface area contributed by atoms with Crippen molar-refractivity contribution in [1.29, 1.82) is 0 Å². The molecule has 1 heterocycles. The summed E-state index contributed by atoms with van der Waals surface area (Å²) in [6.07, 6.45) is 0. The number of esters is 1. The number of benzene rings is 1. The van der Waals surface area contributed by atoms with Gasteiger partial charge in [-0.25, -0.2) is 9.79 Å². The molecule has 0 bridgehead atoms. The van der Waals surface area contributed by atoms with Crippen LogP contribution in [0.4, 0.5) is 5.69 Å². The van der Waals surface area contributed by atoms with E-state index in [9.17, 15) is 4.79 Å². The normalized spacial score (nSPS) is 14.0. The van der Waals surface area contributed by atoms with Crippen molar-refractivity contribution in [3.8, 4) is 11.5 Å². The zero-order valence-corrected chi connectivity index (χ0v) is 11.8. The Morgan fingerprint density at radius 3 is 2.75 bits per heavy atom. The summed E-state index contributed by atoms with van der Waals surface area (Å²) in [5.41, 5.74) is 6.40. The Balaban J connectivity index is 2.46. The highest BCUT2D eigenvalue weighted by Crippen LogP contribution is 2.42. The van der Waals surface area contributed by atoms with Gasteiger partial charge in [0, 0.05) is 0 Å². The molecule has 0 aliphatic carbocycles. The van der Waals surface area contributed by atoms with Crippen LogP contribution in [-0.2, 0) is 4.74 Å². The maximum Gasteiger partial charge on any atom is 0.342 e. The largest absolute Gasteiger partial charge is 0.485 e. The minimum absolute atomic E-state index is 0.106. The van der Waals surface area contributed by atoms with Gasteiger partial charge in [0.05, 0.1) is 12.5 Å². The summed E-state index contributed by atoms with van der Waals surface area (Å²) in [5, 5.41) is 0. The third-order valence-corrected chi connectivity index (χ3v) is 2.84. The number of ether oxygens (including phenoxy) is 3. The van der Waals surface area contributed by atoms with Gasteiger partial charge < -0.3 is 19.9 Å². The number of hydrogen-bond acceptors (Lipinski definition) is 5. The summed E-state index contributed by atoms with van der Waals surface area (Å²) in [5.74, 6) is 0.616. The van der Waals surface area contributed by atoms with Gasteiger partial charge in [-0.15, -0.1) is 11.6 Å². The molecule has 2 rings (SSSR count). The van der Waals surface area contributed by atoms with Crippen LogP contribution in [0, 0.1) is 0 Å². The van der Waals surface area contributed by atoms with Crippen molar-refractivity contribution in [2.75, 3.05) is 25.7 Å². The highest BCUT2D eigenvalue weighted by Gasteiger charge is 2.24. The van der Waals surface area contributed by atoms with Gasteiger partial charge in [-0.2, -0.15) is 0 Å². The minimum Gasteiger partial charge on any atom is -0.485 e. The number of halogens is 1. The van der Waals surface area contributed by atoms with E-state index >= 15 is 0 Å². The quantitative estimate of drug-likeness (QED) is 0.397. The molecule has 0 spiro atoms. The molecule has 20 heavy (non-hydrogen) atoms. The van der Waals surface area contributed by atoms with E-state index in [0.717, 1.165) is 0 Å². The number of carbonyl (C=O) groups excluding carboxylic acids is 1. The molecule has 0 saturated heterocycles. The van der Waals surface area contributed by atoms with Crippen molar-refractivity contribution in [3.63, 3.8) is 0 Å². The lowest BCUT2D eigenvalue weighted by Gasteiger charge is -2.21. The van der Waals surface area contributed by atoms with Crippen molar-refractivity contribution in [2.45, 2.75) is 6.92 Å². The Morgan fingerprint density at radius 2 is 2.10 bits per heavy atom. The molecule has 0 amide bonds. The predicted molar refractivity (Wildman–Crippen MR) is 75.4 cm³/mol. The van der Waals surface area contributed by atoms with Crippen LogP contribution in [0.5, 0.6) is 11.5 Å². The Bertz CT molecular complexity index is 545. The first-order valence-corrected chi connectivity index (χ1v) is 6.69. The van der Waals surface area contributed by atoms with E-state index in [1.54, 1.807) is 19.1 Å². The third kappa shape index (κ3) is 2.96. The van der Waals surface area contributed by atoms with E-state index in [1.807, 2.05) is 0 Å². The second-order valence-electron chi connectivity index (χ2n) is 3.94. The fraction of sp³-hybridized carbons (Fsp3) is 0.385. The summed E-state index contributed by atoms with van der Waals surface area (Å²) < 4.78 is 16.0. The molecule has 0 radical (unpaired) electrons. The number of amidine groups is 1. The zero-order valence-electron chi connectivity index (χ0n) is 11.0. The number of rotatable bonds is 4. The summed E-state index contributed by atoms with van der Waals surface area (Å²) >= 11 is 5.61. The predicted octanol–water partition coefficient (Wildman–Crippen LogP) is 1.86. The van der Waals surface area contributed by atoms with Gasteiger partial charge in [0.1, 0.15) is 30.3 Å². The molecule has 0 unspecified atom stereocenters. The SMILES string of the molecule is CCOC(=O)c1ccc(N=C(N)CCl)c2c1OCCO2. The number of fused-ring (bicyclic) bond motifs is 1. The maximum absolute atomic E-state index is 11.9. The van der Waals surface area contributed by atoms with Crippen molar-refractivity contribution < 1.29 is 19.0 Å². The maximum atomic E-state index is 11.9. The molecular weight excluding hydrogens is 284 g/mol. The summed E-state index contributed by atoms with van der Waals surface area (Å²) in [6.45, 7) is 2.76. The first-order chi connectivity index (χ1) is 9.67. The van der Waals surface area contributed by atoms with Gasteiger partial charge in [-0.1, -0.05) is 0 Å². The van der Waals surface area contributed by atoms with Crippen molar-refractivity contribution in [2.24, 2.45) is 10.7 Å². The summed E-state index contributed by atoms with van der Waals surface area (Å²) in [6, 6.07) is 3.20. The van der Waals surface area contributed by atoms with Crippen LogP contribution in [-0.4, -0.2) is 37.5 Å². The monoisotopic (exact) mass is 298 g/mol. The number of carbonyl (C=O) groups is 1. The lowest BCUT2D eigenvalue weighted by Crippen LogP contribution is -2.19. The lowest BCUT2D eigenvalue weighted by molar-refractivity contribution is 0.0516. The Kier molecular flexibility index (Phi) is 4.68. The van der Waals surface area contributed by atoms with Crippen LogP contribution in [0.1, 0.15) is 17.3 Å². The lowest BCUT2D eigenvalue weighted by atomic mass is 10.1. The minimum atomic E-state index is -0.463. The summed E-state index contributed by atoms with van der Waals surface area (Å²) in [4.78, 5) is 16.0. The standard InChI is InChI=1S/C13H15ClN2O4/c1-2-18-13(17)8-3-4-9(16-10(15)7-14)12-11(8)19-5-6-20-12/h3-4H,2,5-7H2,1H3,(H2,15,16). The fourth-order valence-electron chi connectivity index (χ4n) is 1.76. The van der Waals surface area contributed by atoms with E-state index in [2.05, 4.69) is 4.99 Å². The van der Waals surface area contributed by atoms with Crippen LogP contribution in [0.25, 0.3) is 0 Å². The molecule has 0 fully saturated rings. The second kappa shape index (κ2) is 6.47. The topological polar surface area (TPSA) is 83.1 Å². The average molecular weight is 299 g/mol. The van der Waals surface area contributed by atoms with E-state index < -0.39 is 5.97 Å². The Labute approximate surface area is 121 Å². The van der Waals surface area contributed by atoms with Crippen LogP contribution in [0.3, 0.4) is 0 Å². The second-order valence-corrected chi connectivity index (χ2v) is 4.21. The van der Waals surface area contributed by atoms with E-state index in [4.69, 9.17) is 31.5 Å². The Morgan fingerprint density at radius 1 is 1.40 bits per heavy atom. The van der Waals surface area contributed by atoms with Gasteiger partial charge >= 0.3 is 5.97 Å². The van der Waals surface area contributed by atoms with E-state index in [0.29, 0.717) is 36.0 Å². The molecule has 1 aromatic carbocycles. The molecule has 1 aromatic rings. The van der Waals surface area contributed by atoms with Crippen LogP contribution in [0.15, 0.2) is 17.1 Å². The molecule has 6 nitrogen and oxygen atoms in total. The molecule has 0 saturated carbocycles. The smallest absolute Gasteiger partial charge is 0.342 e.